The first-order valence-corrected chi connectivity index (χ1v) is 9.20. The predicted molar refractivity (Wildman–Crippen MR) is 96.4 cm³/mol. The Morgan fingerprint density at radius 3 is 2.67 bits per heavy atom. The minimum atomic E-state index is 0.0876. The maximum absolute atomic E-state index is 12.9. The maximum Gasteiger partial charge on any atom is 0.161 e. The smallest absolute Gasteiger partial charge is 0.161 e. The fourth-order valence-electron chi connectivity index (χ4n) is 4.91. The zero-order chi connectivity index (χ0) is 16.9. The van der Waals surface area contributed by atoms with E-state index in [0.29, 0.717) is 24.2 Å². The van der Waals surface area contributed by atoms with Crippen LogP contribution in [0.5, 0.6) is 0 Å². The molecule has 1 fully saturated rings. The van der Waals surface area contributed by atoms with Crippen LogP contribution in [0.2, 0.25) is 0 Å². The molecule has 2 heterocycles. The van der Waals surface area contributed by atoms with Crippen molar-refractivity contribution in [2.45, 2.75) is 45.7 Å². The lowest BCUT2D eigenvalue weighted by atomic mass is 9.73. The third-order valence-electron chi connectivity index (χ3n) is 5.99. The van der Waals surface area contributed by atoms with Crippen LogP contribution in [0.25, 0.3) is 0 Å². The number of hydrogen-bond donors (Lipinski definition) is 0. The number of Topliss-reactive ketones (excluding diaryl/α,β-unsaturated/α-hetero) is 1. The fourth-order valence-corrected chi connectivity index (χ4v) is 4.91. The van der Waals surface area contributed by atoms with Crippen molar-refractivity contribution in [3.63, 3.8) is 0 Å². The highest BCUT2D eigenvalue weighted by molar-refractivity contribution is 5.98. The number of carbonyl (C=O) groups is 1. The van der Waals surface area contributed by atoms with Crippen LogP contribution in [0.4, 0.5) is 0 Å². The second-order valence-corrected chi connectivity index (χ2v) is 8.64. The van der Waals surface area contributed by atoms with Gasteiger partial charge in [0.15, 0.2) is 5.78 Å². The lowest BCUT2D eigenvalue weighted by molar-refractivity contribution is -0.118. The molecule has 0 saturated carbocycles. The minimum Gasteiger partial charge on any atom is -0.365 e. The fraction of sp³-hybridized carbons (Fsp3) is 0.571. The number of carbonyl (C=O) groups excluding carboxylic acids is 1. The maximum atomic E-state index is 12.9. The first-order chi connectivity index (χ1) is 11.4. The van der Waals surface area contributed by atoms with E-state index in [1.165, 1.54) is 16.8 Å². The van der Waals surface area contributed by atoms with Crippen LogP contribution in [-0.4, -0.2) is 41.8 Å². The van der Waals surface area contributed by atoms with Crippen molar-refractivity contribution in [1.29, 1.82) is 0 Å². The third kappa shape index (κ3) is 2.69. The lowest BCUT2D eigenvalue weighted by Gasteiger charge is -2.39. The summed E-state index contributed by atoms with van der Waals surface area (Å²) in [5.74, 6) is 0.861. The molecular formula is C21H28N2O. The van der Waals surface area contributed by atoms with Gasteiger partial charge in [0, 0.05) is 42.7 Å². The van der Waals surface area contributed by atoms with Gasteiger partial charge in [-0.1, -0.05) is 44.2 Å². The van der Waals surface area contributed by atoms with Crippen LogP contribution in [0.1, 0.15) is 38.7 Å². The number of likely N-dealkylation sites (tertiary alicyclic amines) is 1. The van der Waals surface area contributed by atoms with Gasteiger partial charge in [0.25, 0.3) is 0 Å². The quantitative estimate of drug-likeness (QED) is 0.832. The normalized spacial score (nSPS) is 29.6. The summed E-state index contributed by atoms with van der Waals surface area (Å²) in [6, 6.07) is 11.2. The predicted octanol–water partition coefficient (Wildman–Crippen LogP) is 3.47. The Hall–Kier alpha value is -1.61. The molecule has 1 saturated heterocycles. The van der Waals surface area contributed by atoms with Crippen molar-refractivity contribution in [3.8, 4) is 0 Å². The van der Waals surface area contributed by atoms with Gasteiger partial charge in [-0.15, -0.1) is 0 Å². The van der Waals surface area contributed by atoms with Gasteiger partial charge in [-0.2, -0.15) is 0 Å². The Kier molecular flexibility index (Phi) is 3.80. The molecular weight excluding hydrogens is 296 g/mol. The van der Waals surface area contributed by atoms with Crippen LogP contribution in [-0.2, 0) is 11.3 Å². The Bertz CT molecular complexity index is 676. The third-order valence-corrected chi connectivity index (χ3v) is 5.99. The van der Waals surface area contributed by atoms with Gasteiger partial charge in [0.2, 0.25) is 0 Å². The molecule has 0 aromatic heterocycles. The van der Waals surface area contributed by atoms with Crippen molar-refractivity contribution in [2.24, 2.45) is 11.3 Å². The van der Waals surface area contributed by atoms with Crippen LogP contribution in [0, 0.1) is 11.3 Å². The van der Waals surface area contributed by atoms with Crippen molar-refractivity contribution in [3.05, 3.63) is 47.2 Å². The van der Waals surface area contributed by atoms with Crippen molar-refractivity contribution in [1.82, 2.24) is 9.80 Å². The van der Waals surface area contributed by atoms with E-state index in [1.807, 2.05) is 0 Å². The highest BCUT2D eigenvalue weighted by Gasteiger charge is 2.49. The molecule has 2 atom stereocenters. The van der Waals surface area contributed by atoms with Crippen LogP contribution in [0.3, 0.4) is 0 Å². The topological polar surface area (TPSA) is 23.6 Å². The molecule has 0 N–H and O–H groups in total. The second kappa shape index (κ2) is 5.73. The van der Waals surface area contributed by atoms with Gasteiger partial charge in [-0.25, -0.2) is 0 Å². The molecule has 3 heteroatoms. The van der Waals surface area contributed by atoms with Crippen molar-refractivity contribution < 1.29 is 4.79 Å². The monoisotopic (exact) mass is 324 g/mol. The molecule has 1 aliphatic carbocycles. The number of nitrogens with zero attached hydrogens (tertiary/aromatic N) is 2. The summed E-state index contributed by atoms with van der Waals surface area (Å²) in [5, 5.41) is 0. The van der Waals surface area contributed by atoms with Gasteiger partial charge in [-0.3, -0.25) is 4.79 Å². The van der Waals surface area contributed by atoms with E-state index < -0.39 is 0 Å². The van der Waals surface area contributed by atoms with Gasteiger partial charge in [0.1, 0.15) is 0 Å². The summed E-state index contributed by atoms with van der Waals surface area (Å²) in [7, 11) is 2.21. The zero-order valence-corrected chi connectivity index (χ0v) is 15.1. The summed E-state index contributed by atoms with van der Waals surface area (Å²) < 4.78 is 0. The summed E-state index contributed by atoms with van der Waals surface area (Å²) in [5.41, 5.74) is 3.97. The van der Waals surface area contributed by atoms with E-state index in [9.17, 15) is 4.79 Å². The van der Waals surface area contributed by atoms with Gasteiger partial charge in [0.05, 0.1) is 0 Å². The number of fused-ring (bicyclic) bond motifs is 2. The van der Waals surface area contributed by atoms with E-state index in [4.69, 9.17) is 0 Å². The summed E-state index contributed by atoms with van der Waals surface area (Å²) >= 11 is 0. The van der Waals surface area contributed by atoms with Crippen molar-refractivity contribution >= 4 is 5.78 Å². The van der Waals surface area contributed by atoms with E-state index >= 15 is 0 Å². The van der Waals surface area contributed by atoms with Crippen LogP contribution < -0.4 is 0 Å². The zero-order valence-electron chi connectivity index (χ0n) is 15.1. The van der Waals surface area contributed by atoms with Crippen molar-refractivity contribution in [2.75, 3.05) is 20.1 Å². The number of likely N-dealkylation sites (N-methyl/N-ethyl adjacent to an activating group) is 1. The minimum absolute atomic E-state index is 0.0876. The molecule has 3 aliphatic rings. The molecule has 3 nitrogen and oxygen atoms in total. The number of allylic oxidation sites excluding steroid dienone is 1. The van der Waals surface area contributed by atoms with Gasteiger partial charge >= 0.3 is 0 Å². The van der Waals surface area contributed by atoms with Crippen LogP contribution >= 0.6 is 0 Å². The standard InChI is InChI=1S/C21H28N2O/c1-21(2)11-17-20(19(24)12-21)16-9-10-22(3)14-18(16)23(17)13-15-7-5-4-6-8-15/h4-8,16,18H,9-14H2,1-3H3/t16-,18-/m1/s1. The molecule has 128 valence electrons. The second-order valence-electron chi connectivity index (χ2n) is 8.64. The molecule has 0 radical (unpaired) electrons. The molecule has 1 aromatic rings. The van der Waals surface area contributed by atoms with Crippen LogP contribution in [0.15, 0.2) is 41.6 Å². The molecule has 4 rings (SSSR count). The van der Waals surface area contributed by atoms with E-state index in [1.54, 1.807) is 0 Å². The largest absolute Gasteiger partial charge is 0.365 e. The number of benzene rings is 1. The number of hydrogen-bond acceptors (Lipinski definition) is 3. The number of ketones is 1. The SMILES string of the molecule is CN1CC[C@H]2C3=C(CC(C)(C)CC3=O)N(Cc3ccccc3)[C@@H]2C1. The van der Waals surface area contributed by atoms with E-state index in [-0.39, 0.29) is 5.41 Å². The Morgan fingerprint density at radius 1 is 1.17 bits per heavy atom. The average molecular weight is 324 g/mol. The van der Waals surface area contributed by atoms with E-state index in [2.05, 4.69) is 61.0 Å². The summed E-state index contributed by atoms with van der Waals surface area (Å²) in [4.78, 5) is 17.9. The molecule has 0 spiro atoms. The molecule has 0 amide bonds. The first-order valence-electron chi connectivity index (χ1n) is 9.20. The summed E-state index contributed by atoms with van der Waals surface area (Å²) in [6.07, 6.45) is 2.87. The molecule has 24 heavy (non-hydrogen) atoms. The average Bonchev–Trinajstić information content (AvgIpc) is 2.81. The first kappa shape index (κ1) is 15.9. The van der Waals surface area contributed by atoms with E-state index in [0.717, 1.165) is 32.5 Å². The molecule has 2 aliphatic heterocycles. The highest BCUT2D eigenvalue weighted by Crippen LogP contribution is 2.49. The van der Waals surface area contributed by atoms with Gasteiger partial charge < -0.3 is 9.80 Å². The Labute approximate surface area is 145 Å². The molecule has 1 aromatic carbocycles. The lowest BCUT2D eigenvalue weighted by Crippen LogP contribution is -2.47. The Balaban J connectivity index is 1.72. The highest BCUT2D eigenvalue weighted by atomic mass is 16.1. The number of piperidine rings is 1. The van der Waals surface area contributed by atoms with Gasteiger partial charge in [-0.05, 0) is 37.4 Å². The number of rotatable bonds is 2. The molecule has 0 bridgehead atoms. The molecule has 0 unspecified atom stereocenters. The summed E-state index contributed by atoms with van der Waals surface area (Å²) in [6.45, 7) is 7.58. The Morgan fingerprint density at radius 2 is 1.92 bits per heavy atom.